The third-order valence-corrected chi connectivity index (χ3v) is 3.13. The second-order valence-electron chi connectivity index (χ2n) is 6.29. The highest BCUT2D eigenvalue weighted by atomic mass is 16.6. The van der Waals surface area contributed by atoms with Gasteiger partial charge >= 0.3 is 6.09 Å². The smallest absolute Gasteiger partial charge is 0.407 e. The molecule has 5 heteroatoms. The molecule has 2 atom stereocenters. The van der Waals surface area contributed by atoms with Crippen molar-refractivity contribution >= 4 is 6.09 Å². The van der Waals surface area contributed by atoms with Crippen LogP contribution in [0.3, 0.4) is 0 Å². The number of alkyl carbamates (subject to hydrolysis) is 1. The van der Waals surface area contributed by atoms with E-state index in [2.05, 4.69) is 24.1 Å². The van der Waals surface area contributed by atoms with Crippen LogP contribution in [0.5, 0.6) is 0 Å². The number of nitrogens with one attached hydrogen (secondary N) is 1. The van der Waals surface area contributed by atoms with Crippen LogP contribution in [0, 0.1) is 0 Å². The highest BCUT2D eigenvalue weighted by Gasteiger charge is 2.30. The van der Waals surface area contributed by atoms with Crippen LogP contribution < -0.4 is 11.1 Å². The predicted molar refractivity (Wildman–Crippen MR) is 72.5 cm³/mol. The van der Waals surface area contributed by atoms with E-state index in [1.54, 1.807) is 0 Å². The molecule has 1 fully saturated rings. The quantitative estimate of drug-likeness (QED) is 0.783. The minimum atomic E-state index is -0.472. The molecule has 0 radical (unpaired) electrons. The minimum Gasteiger partial charge on any atom is -0.444 e. The third-order valence-electron chi connectivity index (χ3n) is 3.13. The molecular formula is C13H27N3O2. The monoisotopic (exact) mass is 257 g/mol. The maximum absolute atomic E-state index is 11.7. The number of nitrogens with two attached hydrogens (primary N) is 1. The summed E-state index contributed by atoms with van der Waals surface area (Å²) >= 11 is 0. The van der Waals surface area contributed by atoms with E-state index in [9.17, 15) is 4.79 Å². The maximum atomic E-state index is 11.7. The van der Waals surface area contributed by atoms with Crippen molar-refractivity contribution in [2.24, 2.45) is 5.73 Å². The van der Waals surface area contributed by atoms with E-state index in [1.165, 1.54) is 0 Å². The summed E-state index contributed by atoms with van der Waals surface area (Å²) in [5.74, 6) is 0. The Morgan fingerprint density at radius 3 is 2.56 bits per heavy atom. The number of piperidine rings is 1. The largest absolute Gasteiger partial charge is 0.444 e. The first-order valence-corrected chi connectivity index (χ1v) is 6.68. The van der Waals surface area contributed by atoms with Gasteiger partial charge < -0.3 is 15.8 Å². The summed E-state index contributed by atoms with van der Waals surface area (Å²) in [6.07, 6.45) is 0.520. The standard InChI is InChI=1S/C13H27N3O2/c1-9(2)16-7-6-10(14)11(8-16)15-12(17)18-13(3,4)5/h9-11H,6-8,14H2,1-5H3,(H,15,17). The Kier molecular flexibility index (Phi) is 4.99. The number of nitrogens with zero attached hydrogens (tertiary/aromatic N) is 1. The normalized spacial score (nSPS) is 26.2. The van der Waals surface area contributed by atoms with E-state index in [1.807, 2.05) is 20.8 Å². The summed E-state index contributed by atoms with van der Waals surface area (Å²) in [4.78, 5) is 14.1. The minimum absolute atomic E-state index is 0.00696. The second-order valence-corrected chi connectivity index (χ2v) is 6.29. The molecule has 18 heavy (non-hydrogen) atoms. The van der Waals surface area contributed by atoms with Gasteiger partial charge in [0, 0.05) is 25.2 Å². The lowest BCUT2D eigenvalue weighted by molar-refractivity contribution is 0.0446. The van der Waals surface area contributed by atoms with Crippen LogP contribution in [0.25, 0.3) is 0 Å². The Hall–Kier alpha value is -0.810. The SMILES string of the molecule is CC(C)N1CCC(N)C(NC(=O)OC(C)(C)C)C1. The van der Waals surface area contributed by atoms with E-state index < -0.39 is 5.60 Å². The molecular weight excluding hydrogens is 230 g/mol. The van der Waals surface area contributed by atoms with Crippen LogP contribution in [0.2, 0.25) is 0 Å². The fourth-order valence-electron chi connectivity index (χ4n) is 2.08. The van der Waals surface area contributed by atoms with Crippen LogP contribution in [-0.2, 0) is 4.74 Å². The zero-order valence-corrected chi connectivity index (χ0v) is 12.2. The summed E-state index contributed by atoms with van der Waals surface area (Å²) in [6.45, 7) is 11.7. The van der Waals surface area contributed by atoms with Gasteiger partial charge in [0.05, 0.1) is 6.04 Å². The molecule has 2 unspecified atom stereocenters. The van der Waals surface area contributed by atoms with Gasteiger partial charge in [-0.15, -0.1) is 0 Å². The first kappa shape index (κ1) is 15.2. The molecule has 1 rings (SSSR count). The summed E-state index contributed by atoms with van der Waals surface area (Å²) in [5, 5.41) is 2.88. The lowest BCUT2D eigenvalue weighted by atomic mass is 9.99. The average molecular weight is 257 g/mol. The van der Waals surface area contributed by atoms with Gasteiger partial charge in [0.1, 0.15) is 5.60 Å². The number of likely N-dealkylation sites (tertiary alicyclic amines) is 1. The van der Waals surface area contributed by atoms with Crippen molar-refractivity contribution in [2.45, 2.75) is 64.8 Å². The van der Waals surface area contributed by atoms with Crippen molar-refractivity contribution in [3.8, 4) is 0 Å². The average Bonchev–Trinajstić information content (AvgIpc) is 2.18. The second kappa shape index (κ2) is 5.89. The van der Waals surface area contributed by atoms with Gasteiger partial charge in [0.2, 0.25) is 0 Å². The maximum Gasteiger partial charge on any atom is 0.407 e. The highest BCUT2D eigenvalue weighted by molar-refractivity contribution is 5.68. The zero-order chi connectivity index (χ0) is 13.9. The molecule has 0 aromatic carbocycles. The Bertz CT molecular complexity index is 286. The van der Waals surface area contributed by atoms with Crippen LogP contribution in [-0.4, -0.2) is 47.8 Å². The van der Waals surface area contributed by atoms with Crippen molar-refractivity contribution in [3.05, 3.63) is 0 Å². The van der Waals surface area contributed by atoms with E-state index in [4.69, 9.17) is 10.5 Å². The molecule has 1 amide bonds. The molecule has 106 valence electrons. The number of ether oxygens (including phenoxy) is 1. The fourth-order valence-corrected chi connectivity index (χ4v) is 2.08. The van der Waals surface area contributed by atoms with Crippen molar-refractivity contribution in [1.82, 2.24) is 10.2 Å². The molecule has 1 saturated heterocycles. The number of hydrogen-bond acceptors (Lipinski definition) is 4. The van der Waals surface area contributed by atoms with Crippen molar-refractivity contribution < 1.29 is 9.53 Å². The van der Waals surface area contributed by atoms with Crippen molar-refractivity contribution in [1.29, 1.82) is 0 Å². The molecule has 3 N–H and O–H groups in total. The molecule has 5 nitrogen and oxygen atoms in total. The van der Waals surface area contributed by atoms with Crippen molar-refractivity contribution in [2.75, 3.05) is 13.1 Å². The fraction of sp³-hybridized carbons (Fsp3) is 0.923. The number of hydrogen-bond donors (Lipinski definition) is 2. The molecule has 1 aliphatic heterocycles. The lowest BCUT2D eigenvalue weighted by Crippen LogP contribution is -2.59. The molecule has 0 saturated carbocycles. The van der Waals surface area contributed by atoms with E-state index in [0.29, 0.717) is 6.04 Å². The molecule has 0 bridgehead atoms. The van der Waals surface area contributed by atoms with Crippen LogP contribution in [0.4, 0.5) is 4.79 Å². The summed E-state index contributed by atoms with van der Waals surface area (Å²) in [7, 11) is 0. The van der Waals surface area contributed by atoms with Gasteiger partial charge in [-0.3, -0.25) is 4.90 Å². The Morgan fingerprint density at radius 1 is 1.44 bits per heavy atom. The van der Waals surface area contributed by atoms with Gasteiger partial charge in [-0.05, 0) is 41.0 Å². The zero-order valence-electron chi connectivity index (χ0n) is 12.2. The lowest BCUT2D eigenvalue weighted by Gasteiger charge is -2.39. The summed E-state index contributed by atoms with van der Waals surface area (Å²) in [6, 6.07) is 0.448. The summed E-state index contributed by atoms with van der Waals surface area (Å²) < 4.78 is 5.26. The third kappa shape index (κ3) is 4.82. The van der Waals surface area contributed by atoms with Crippen molar-refractivity contribution in [3.63, 3.8) is 0 Å². The van der Waals surface area contributed by atoms with E-state index in [0.717, 1.165) is 19.5 Å². The Labute approximate surface area is 110 Å². The molecule has 0 aromatic rings. The number of rotatable bonds is 2. The van der Waals surface area contributed by atoms with Crippen LogP contribution in [0.15, 0.2) is 0 Å². The molecule has 0 aliphatic carbocycles. The Balaban J connectivity index is 2.51. The van der Waals surface area contributed by atoms with E-state index in [-0.39, 0.29) is 18.2 Å². The van der Waals surface area contributed by atoms with Crippen LogP contribution >= 0.6 is 0 Å². The molecule has 0 aromatic heterocycles. The molecule has 1 aliphatic rings. The topological polar surface area (TPSA) is 67.6 Å². The van der Waals surface area contributed by atoms with E-state index >= 15 is 0 Å². The Morgan fingerprint density at radius 2 is 2.06 bits per heavy atom. The number of amides is 1. The van der Waals surface area contributed by atoms with Gasteiger partial charge in [-0.1, -0.05) is 0 Å². The van der Waals surface area contributed by atoms with Gasteiger partial charge in [0.15, 0.2) is 0 Å². The number of carbonyl (C=O) groups is 1. The summed E-state index contributed by atoms with van der Waals surface area (Å²) in [5.41, 5.74) is 5.58. The highest BCUT2D eigenvalue weighted by Crippen LogP contribution is 2.13. The first-order chi connectivity index (χ1) is 8.19. The number of carbonyl (C=O) groups excluding carboxylic acids is 1. The van der Waals surface area contributed by atoms with Gasteiger partial charge in [0.25, 0.3) is 0 Å². The van der Waals surface area contributed by atoms with Gasteiger partial charge in [-0.25, -0.2) is 4.79 Å². The van der Waals surface area contributed by atoms with Gasteiger partial charge in [-0.2, -0.15) is 0 Å². The van der Waals surface area contributed by atoms with Crippen LogP contribution in [0.1, 0.15) is 41.0 Å². The molecule has 1 heterocycles. The first-order valence-electron chi connectivity index (χ1n) is 6.68. The predicted octanol–water partition coefficient (Wildman–Crippen LogP) is 1.32. The molecule has 0 spiro atoms.